The van der Waals surface area contributed by atoms with Gasteiger partial charge in [0.05, 0.1) is 26.4 Å². The molecule has 0 spiro atoms. The minimum atomic E-state index is 0.230. The highest BCUT2D eigenvalue weighted by atomic mass is 127. The molecule has 0 heterocycles. The molecule has 0 saturated heterocycles. The fourth-order valence-electron chi connectivity index (χ4n) is 4.09. The number of rotatable bonds is 18. The number of hydrogen-bond donors (Lipinski definition) is 0. The van der Waals surface area contributed by atoms with E-state index in [0.717, 1.165) is 48.1 Å². The van der Waals surface area contributed by atoms with Gasteiger partial charge in [0.1, 0.15) is 27.2 Å². The molecule has 39 heavy (non-hydrogen) atoms. The summed E-state index contributed by atoms with van der Waals surface area (Å²) in [5, 5.41) is 0. The molecule has 0 amide bonds. The van der Waals surface area contributed by atoms with Crippen molar-refractivity contribution in [3.05, 3.63) is 80.4 Å². The minimum Gasteiger partial charge on any atom is -0.359 e. The summed E-state index contributed by atoms with van der Waals surface area (Å²) in [5.41, 5.74) is 8.49. The summed E-state index contributed by atoms with van der Waals surface area (Å²) < 4.78 is 43.9. The van der Waals surface area contributed by atoms with Gasteiger partial charge in [-0.1, -0.05) is 12.1 Å². The van der Waals surface area contributed by atoms with Gasteiger partial charge in [-0.2, -0.15) is 0 Å². The molecule has 0 unspecified atom stereocenters. The fourth-order valence-corrected chi connectivity index (χ4v) is 4.76. The van der Waals surface area contributed by atoms with Gasteiger partial charge >= 0.3 is 0 Å². The zero-order valence-corrected chi connectivity index (χ0v) is 25.2. The molecule has 0 fully saturated rings. The van der Waals surface area contributed by atoms with Crippen LogP contribution in [0, 0.1) is 3.57 Å². The highest BCUT2D eigenvalue weighted by Crippen LogP contribution is 2.32. The Hall–Kier alpha value is -1.93. The van der Waals surface area contributed by atoms with E-state index in [9.17, 15) is 0 Å². The Balaban J connectivity index is 1.98. The van der Waals surface area contributed by atoms with Crippen molar-refractivity contribution in [2.45, 2.75) is 26.4 Å². The molecule has 0 radical (unpaired) electrons. The highest BCUT2D eigenvalue weighted by molar-refractivity contribution is 14.1. The standard InChI is InChI=1S/C30H37IO8/c1-32-18-36-14-22-5-23(15-37-19-33-2)8-26(7-22)28-11-29(13-30(31)12-28)27-9-24(16-38-20-34-3)6-25(10-27)17-39-21-35-4/h5-13H,14-21H2,1-4H3. The lowest BCUT2D eigenvalue weighted by Gasteiger charge is -2.14. The van der Waals surface area contributed by atoms with E-state index in [4.69, 9.17) is 37.9 Å². The maximum absolute atomic E-state index is 5.63. The van der Waals surface area contributed by atoms with Crippen molar-refractivity contribution in [2.24, 2.45) is 0 Å². The van der Waals surface area contributed by atoms with Gasteiger partial charge in [-0.3, -0.25) is 0 Å². The first kappa shape index (κ1) is 31.6. The maximum atomic E-state index is 5.63. The van der Waals surface area contributed by atoms with Crippen LogP contribution >= 0.6 is 22.6 Å². The van der Waals surface area contributed by atoms with Gasteiger partial charge < -0.3 is 37.9 Å². The van der Waals surface area contributed by atoms with Crippen LogP contribution in [0.15, 0.2) is 54.6 Å². The SMILES string of the molecule is COCOCc1cc(COCOC)cc(-c2cc(I)cc(-c3cc(COCOC)cc(COCOC)c3)c2)c1. The Labute approximate surface area is 244 Å². The highest BCUT2D eigenvalue weighted by Gasteiger charge is 2.11. The van der Waals surface area contributed by atoms with Crippen LogP contribution in [0.1, 0.15) is 22.3 Å². The summed E-state index contributed by atoms with van der Waals surface area (Å²) in [7, 11) is 6.45. The molecule has 0 aliphatic carbocycles. The van der Waals surface area contributed by atoms with Crippen LogP contribution in [0.5, 0.6) is 0 Å². The number of benzene rings is 3. The van der Waals surface area contributed by atoms with Crippen LogP contribution in [-0.4, -0.2) is 55.6 Å². The van der Waals surface area contributed by atoms with Crippen LogP contribution in [0.4, 0.5) is 0 Å². The first-order valence-corrected chi connectivity index (χ1v) is 13.5. The molecule has 0 aliphatic rings. The summed E-state index contributed by atoms with van der Waals surface area (Å²) >= 11 is 2.36. The molecule has 0 aromatic heterocycles. The summed E-state index contributed by atoms with van der Waals surface area (Å²) in [6.07, 6.45) is 0. The third-order valence-corrected chi connectivity index (χ3v) is 6.17. The molecule has 3 rings (SSSR count). The molecular weight excluding hydrogens is 615 g/mol. The smallest absolute Gasteiger partial charge is 0.146 e. The van der Waals surface area contributed by atoms with Gasteiger partial charge in [-0.15, -0.1) is 0 Å². The second kappa shape index (κ2) is 17.7. The lowest BCUT2D eigenvalue weighted by atomic mass is 9.95. The Morgan fingerprint density at radius 3 is 0.974 bits per heavy atom. The van der Waals surface area contributed by atoms with Gasteiger partial charge in [-0.25, -0.2) is 0 Å². The predicted molar refractivity (Wildman–Crippen MR) is 157 cm³/mol. The van der Waals surface area contributed by atoms with Crippen molar-refractivity contribution in [1.29, 1.82) is 0 Å². The monoisotopic (exact) mass is 652 g/mol. The van der Waals surface area contributed by atoms with Crippen molar-refractivity contribution in [2.75, 3.05) is 55.6 Å². The Bertz CT molecular complexity index is 1010. The third kappa shape index (κ3) is 10.9. The quantitative estimate of drug-likeness (QED) is 0.0927. The predicted octanol–water partition coefficient (Wildman–Crippen LogP) is 6.11. The van der Waals surface area contributed by atoms with E-state index in [1.165, 1.54) is 0 Å². The molecule has 212 valence electrons. The Kier molecular flexibility index (Phi) is 14.3. The largest absolute Gasteiger partial charge is 0.359 e. The van der Waals surface area contributed by atoms with E-state index in [2.05, 4.69) is 77.2 Å². The first-order chi connectivity index (χ1) is 19.1. The van der Waals surface area contributed by atoms with E-state index in [1.807, 2.05) is 0 Å². The minimum absolute atomic E-state index is 0.230. The maximum Gasteiger partial charge on any atom is 0.146 e. The average molecular weight is 653 g/mol. The van der Waals surface area contributed by atoms with Crippen LogP contribution in [0.2, 0.25) is 0 Å². The van der Waals surface area contributed by atoms with Crippen LogP contribution in [-0.2, 0) is 64.3 Å². The molecule has 3 aromatic rings. The molecule has 0 saturated carbocycles. The summed E-state index contributed by atoms with van der Waals surface area (Å²) in [5.74, 6) is 0. The van der Waals surface area contributed by atoms with E-state index in [0.29, 0.717) is 26.4 Å². The molecule has 8 nitrogen and oxygen atoms in total. The number of methoxy groups -OCH3 is 4. The van der Waals surface area contributed by atoms with Gasteiger partial charge in [0, 0.05) is 32.0 Å². The molecule has 0 atom stereocenters. The molecule has 3 aromatic carbocycles. The number of halogens is 1. The normalized spacial score (nSPS) is 11.3. The number of hydrogen-bond acceptors (Lipinski definition) is 8. The zero-order valence-electron chi connectivity index (χ0n) is 23.0. The van der Waals surface area contributed by atoms with E-state index >= 15 is 0 Å². The second-order valence-electron chi connectivity index (χ2n) is 8.82. The molecule has 0 aliphatic heterocycles. The van der Waals surface area contributed by atoms with Crippen molar-refractivity contribution < 1.29 is 37.9 Å². The van der Waals surface area contributed by atoms with Crippen molar-refractivity contribution >= 4 is 22.6 Å². The lowest BCUT2D eigenvalue weighted by molar-refractivity contribution is -0.0408. The topological polar surface area (TPSA) is 73.8 Å². The molecular formula is C30H37IO8. The fraction of sp³-hybridized carbons (Fsp3) is 0.400. The van der Waals surface area contributed by atoms with Gasteiger partial charge in [0.25, 0.3) is 0 Å². The third-order valence-electron chi connectivity index (χ3n) is 5.55. The van der Waals surface area contributed by atoms with E-state index < -0.39 is 0 Å². The van der Waals surface area contributed by atoms with Gasteiger partial charge in [-0.05, 0) is 110 Å². The van der Waals surface area contributed by atoms with Crippen molar-refractivity contribution in [1.82, 2.24) is 0 Å². The lowest BCUT2D eigenvalue weighted by Crippen LogP contribution is -2.01. The first-order valence-electron chi connectivity index (χ1n) is 12.4. The summed E-state index contributed by atoms with van der Waals surface area (Å²) in [6, 6.07) is 19.3. The Morgan fingerprint density at radius 2 is 0.692 bits per heavy atom. The van der Waals surface area contributed by atoms with Crippen LogP contribution in [0.3, 0.4) is 0 Å². The van der Waals surface area contributed by atoms with Crippen molar-refractivity contribution in [3.63, 3.8) is 0 Å². The average Bonchev–Trinajstić information content (AvgIpc) is 2.93. The van der Waals surface area contributed by atoms with Crippen LogP contribution < -0.4 is 0 Å². The van der Waals surface area contributed by atoms with Crippen molar-refractivity contribution in [3.8, 4) is 22.3 Å². The van der Waals surface area contributed by atoms with Crippen LogP contribution in [0.25, 0.3) is 22.3 Å². The van der Waals surface area contributed by atoms with E-state index in [-0.39, 0.29) is 27.2 Å². The van der Waals surface area contributed by atoms with E-state index in [1.54, 1.807) is 28.4 Å². The second-order valence-corrected chi connectivity index (χ2v) is 10.1. The van der Waals surface area contributed by atoms with Gasteiger partial charge in [0.15, 0.2) is 0 Å². The molecule has 9 heteroatoms. The van der Waals surface area contributed by atoms with Gasteiger partial charge in [0.2, 0.25) is 0 Å². The molecule has 0 bridgehead atoms. The summed E-state index contributed by atoms with van der Waals surface area (Å²) in [6.45, 7) is 2.66. The molecule has 0 N–H and O–H groups in total. The Morgan fingerprint density at radius 1 is 0.410 bits per heavy atom. The summed E-state index contributed by atoms with van der Waals surface area (Å²) in [4.78, 5) is 0. The zero-order chi connectivity index (χ0) is 27.9. The number of ether oxygens (including phenoxy) is 8.